The molecule has 2 unspecified atom stereocenters. The standard InChI is InChI=1S/C58H42N4/c1-39-47(35-37-54-55(39)49-27-15-17-29-52(49)61(54)44-24-12-5-13-25-44)43-30-36-53-50(38-43)48-26-14-16-28-51(48)60(53)45-31-33-46(34-32-45)62-57(41-20-8-3-9-21-41)56(40-18-6-2-7-19-40)59-58(62)42-22-10-4-11-23-42/h2-39,55H,1H3. The van der Waals surface area contributed by atoms with E-state index in [0.717, 1.165) is 45.3 Å². The van der Waals surface area contributed by atoms with Gasteiger partial charge in [0.15, 0.2) is 0 Å². The van der Waals surface area contributed by atoms with Gasteiger partial charge in [0.05, 0.1) is 22.4 Å². The molecule has 0 saturated heterocycles. The second kappa shape index (κ2) is 14.6. The van der Waals surface area contributed by atoms with Crippen LogP contribution in [0, 0.1) is 5.92 Å². The van der Waals surface area contributed by atoms with Crippen LogP contribution in [0.5, 0.6) is 0 Å². The van der Waals surface area contributed by atoms with Gasteiger partial charge in [0.2, 0.25) is 0 Å². The van der Waals surface area contributed by atoms with Gasteiger partial charge in [-0.15, -0.1) is 0 Å². The molecule has 3 heterocycles. The largest absolute Gasteiger partial charge is 0.313 e. The molecule has 2 atom stereocenters. The summed E-state index contributed by atoms with van der Waals surface area (Å²) in [6.07, 6.45) is 4.72. The molecule has 62 heavy (non-hydrogen) atoms. The van der Waals surface area contributed by atoms with Crippen molar-refractivity contribution in [3.05, 3.63) is 241 Å². The van der Waals surface area contributed by atoms with E-state index < -0.39 is 0 Å². The average molecular weight is 795 g/mol. The third-order valence-corrected chi connectivity index (χ3v) is 12.9. The molecule has 0 amide bonds. The van der Waals surface area contributed by atoms with Crippen LogP contribution in [0.25, 0.3) is 72.7 Å². The number of rotatable bonds is 7. The molecule has 0 spiro atoms. The van der Waals surface area contributed by atoms with Crippen LogP contribution in [0.15, 0.2) is 230 Å². The van der Waals surface area contributed by atoms with Crippen molar-refractivity contribution >= 4 is 38.8 Å². The molecule has 4 heteroatoms. The number of benzene rings is 8. The molecule has 4 nitrogen and oxygen atoms in total. The molecule has 0 fully saturated rings. The molecule has 8 aromatic carbocycles. The number of hydrogen-bond acceptors (Lipinski definition) is 2. The van der Waals surface area contributed by atoms with Crippen LogP contribution in [-0.2, 0) is 0 Å². The molecule has 12 rings (SSSR count). The summed E-state index contributed by atoms with van der Waals surface area (Å²) in [5.74, 6) is 1.46. The van der Waals surface area contributed by atoms with Gasteiger partial charge in [0, 0.05) is 61.8 Å². The summed E-state index contributed by atoms with van der Waals surface area (Å²) >= 11 is 0. The van der Waals surface area contributed by atoms with E-state index in [-0.39, 0.29) is 11.8 Å². The highest BCUT2D eigenvalue weighted by Gasteiger charge is 2.40. The number of nitrogens with zero attached hydrogens (tertiary/aromatic N) is 4. The Morgan fingerprint density at radius 2 is 1.02 bits per heavy atom. The lowest BCUT2D eigenvalue weighted by molar-refractivity contribution is 0.636. The number of aromatic nitrogens is 3. The Bertz CT molecular complexity index is 3340. The maximum atomic E-state index is 5.40. The van der Waals surface area contributed by atoms with Gasteiger partial charge in [0.25, 0.3) is 0 Å². The van der Waals surface area contributed by atoms with Crippen molar-refractivity contribution in [2.45, 2.75) is 12.8 Å². The highest BCUT2D eigenvalue weighted by molar-refractivity contribution is 6.10. The summed E-state index contributed by atoms with van der Waals surface area (Å²) in [6, 6.07) is 76.3. The number of imidazole rings is 1. The highest BCUT2D eigenvalue weighted by Crippen LogP contribution is 2.55. The summed E-state index contributed by atoms with van der Waals surface area (Å²) in [6.45, 7) is 2.40. The van der Waals surface area contributed by atoms with E-state index in [1.54, 1.807) is 0 Å². The first-order valence-corrected chi connectivity index (χ1v) is 21.5. The molecule has 0 saturated carbocycles. The van der Waals surface area contributed by atoms with Gasteiger partial charge in [-0.25, -0.2) is 4.98 Å². The molecule has 0 N–H and O–H groups in total. The predicted octanol–water partition coefficient (Wildman–Crippen LogP) is 14.8. The number of allylic oxidation sites excluding steroid dienone is 4. The van der Waals surface area contributed by atoms with Crippen molar-refractivity contribution in [1.29, 1.82) is 0 Å². The minimum absolute atomic E-state index is 0.269. The van der Waals surface area contributed by atoms with Gasteiger partial charge in [-0.05, 0) is 89.4 Å². The first kappa shape index (κ1) is 35.9. The summed E-state index contributed by atoms with van der Waals surface area (Å²) < 4.78 is 4.75. The highest BCUT2D eigenvalue weighted by atomic mass is 15.2. The van der Waals surface area contributed by atoms with Crippen molar-refractivity contribution in [2.75, 3.05) is 4.90 Å². The Morgan fingerprint density at radius 1 is 0.435 bits per heavy atom. The van der Waals surface area contributed by atoms with Crippen LogP contribution >= 0.6 is 0 Å². The topological polar surface area (TPSA) is 26.0 Å². The smallest absolute Gasteiger partial charge is 0.145 e. The van der Waals surface area contributed by atoms with E-state index in [1.165, 1.54) is 55.6 Å². The van der Waals surface area contributed by atoms with Gasteiger partial charge in [-0.2, -0.15) is 0 Å². The molecule has 2 aromatic heterocycles. The lowest BCUT2D eigenvalue weighted by atomic mass is 9.76. The average Bonchev–Trinajstić information content (AvgIpc) is 4.02. The maximum absolute atomic E-state index is 5.40. The summed E-state index contributed by atoms with van der Waals surface area (Å²) in [7, 11) is 0. The van der Waals surface area contributed by atoms with E-state index in [0.29, 0.717) is 0 Å². The van der Waals surface area contributed by atoms with E-state index in [1.807, 2.05) is 0 Å². The third kappa shape index (κ3) is 5.72. The van der Waals surface area contributed by atoms with Gasteiger partial charge in [0.1, 0.15) is 5.82 Å². The molecule has 0 radical (unpaired) electrons. The zero-order valence-corrected chi connectivity index (χ0v) is 34.3. The number of anilines is 2. The number of para-hydroxylation sites is 3. The van der Waals surface area contributed by atoms with Crippen LogP contribution in [0.3, 0.4) is 0 Å². The van der Waals surface area contributed by atoms with Gasteiger partial charge in [-0.1, -0.05) is 165 Å². The Kier molecular flexibility index (Phi) is 8.49. The van der Waals surface area contributed by atoms with Gasteiger partial charge < -0.3 is 9.47 Å². The maximum Gasteiger partial charge on any atom is 0.145 e. The Hall–Kier alpha value is -7.95. The fourth-order valence-corrected chi connectivity index (χ4v) is 10.1. The zero-order chi connectivity index (χ0) is 41.1. The van der Waals surface area contributed by atoms with Gasteiger partial charge >= 0.3 is 0 Å². The van der Waals surface area contributed by atoms with Crippen LogP contribution in [0.4, 0.5) is 11.4 Å². The molecule has 1 aliphatic heterocycles. The predicted molar refractivity (Wildman–Crippen MR) is 257 cm³/mol. The SMILES string of the molecule is CC1C(c2ccc3c(c2)c2ccccc2n3-c2ccc(-n3c(-c4ccccc4)nc(-c4ccccc4)c3-c3ccccc3)cc2)=CC=C2C1c1ccccc1N2c1ccccc1. The number of fused-ring (bicyclic) bond motifs is 6. The fraction of sp³-hybridized carbons (Fsp3) is 0.0517. The molecule has 1 aliphatic carbocycles. The van der Waals surface area contributed by atoms with E-state index in [2.05, 4.69) is 245 Å². The van der Waals surface area contributed by atoms with Crippen molar-refractivity contribution in [1.82, 2.24) is 14.1 Å². The molecular weight excluding hydrogens is 753 g/mol. The van der Waals surface area contributed by atoms with E-state index in [4.69, 9.17) is 4.98 Å². The Morgan fingerprint density at radius 3 is 1.74 bits per heavy atom. The van der Waals surface area contributed by atoms with Crippen molar-refractivity contribution in [3.8, 4) is 45.3 Å². The van der Waals surface area contributed by atoms with Crippen LogP contribution in [0.2, 0.25) is 0 Å². The van der Waals surface area contributed by atoms with Crippen molar-refractivity contribution < 1.29 is 0 Å². The summed E-state index contributed by atoms with van der Waals surface area (Å²) in [5.41, 5.74) is 17.7. The lowest BCUT2D eigenvalue weighted by Gasteiger charge is -2.31. The molecule has 0 bridgehead atoms. The Labute approximate surface area is 361 Å². The second-order valence-electron chi connectivity index (χ2n) is 16.4. The quantitative estimate of drug-likeness (QED) is 0.161. The fourth-order valence-electron chi connectivity index (χ4n) is 10.1. The Balaban J connectivity index is 0.973. The monoisotopic (exact) mass is 794 g/mol. The van der Waals surface area contributed by atoms with E-state index >= 15 is 0 Å². The molecule has 2 aliphatic rings. The van der Waals surface area contributed by atoms with Crippen LogP contribution in [0.1, 0.15) is 24.0 Å². The van der Waals surface area contributed by atoms with Crippen LogP contribution < -0.4 is 4.90 Å². The summed E-state index contributed by atoms with van der Waals surface area (Å²) in [5, 5.41) is 2.50. The third-order valence-electron chi connectivity index (χ3n) is 12.9. The summed E-state index contributed by atoms with van der Waals surface area (Å²) in [4.78, 5) is 7.85. The lowest BCUT2D eigenvalue weighted by Crippen LogP contribution is -2.20. The minimum Gasteiger partial charge on any atom is -0.313 e. The van der Waals surface area contributed by atoms with Crippen molar-refractivity contribution in [2.24, 2.45) is 5.92 Å². The van der Waals surface area contributed by atoms with E-state index in [9.17, 15) is 0 Å². The first-order chi connectivity index (χ1) is 30.7. The molecule has 10 aromatic rings. The number of hydrogen-bond donors (Lipinski definition) is 0. The molecular formula is C58H42N4. The first-order valence-electron chi connectivity index (χ1n) is 21.5. The normalized spacial score (nSPS) is 15.7. The van der Waals surface area contributed by atoms with Gasteiger partial charge in [-0.3, -0.25) is 4.57 Å². The minimum atomic E-state index is 0.269. The van der Waals surface area contributed by atoms with Crippen LogP contribution in [-0.4, -0.2) is 14.1 Å². The van der Waals surface area contributed by atoms with Crippen molar-refractivity contribution in [3.63, 3.8) is 0 Å². The molecule has 294 valence electrons. The zero-order valence-electron chi connectivity index (χ0n) is 34.3. The second-order valence-corrected chi connectivity index (χ2v) is 16.4.